The normalized spacial score (nSPS) is 14.7. The van der Waals surface area contributed by atoms with Crippen LogP contribution in [0.15, 0.2) is 23.1 Å². The highest BCUT2D eigenvalue weighted by Gasteiger charge is 2.30. The number of hydrogen-bond donors (Lipinski definition) is 0. The second-order valence-corrected chi connectivity index (χ2v) is 8.87. The molecule has 0 N–H and O–H groups in total. The molecule has 0 radical (unpaired) electrons. The van der Waals surface area contributed by atoms with E-state index in [1.54, 1.807) is 25.7 Å². The van der Waals surface area contributed by atoms with Crippen LogP contribution in [0.1, 0.15) is 20.8 Å². The van der Waals surface area contributed by atoms with E-state index in [0.29, 0.717) is 38.5 Å². The highest BCUT2D eigenvalue weighted by atomic mass is 35.5. The zero-order valence-electron chi connectivity index (χ0n) is 17.5. The van der Waals surface area contributed by atoms with Gasteiger partial charge in [0.1, 0.15) is 5.75 Å². The standard InChI is InChI=1S/C19H28ClN3O6S/c1-4-23(30(26,27)15-7-8-17(28-5-2)16(20)13-15)14-18(24)21-9-11-22(12-10-21)19(25)29-6-3/h7-8,13H,4-6,9-12,14H2,1-3H3. The van der Waals surface area contributed by atoms with Crippen molar-refractivity contribution in [2.24, 2.45) is 0 Å². The third-order valence-electron chi connectivity index (χ3n) is 4.66. The number of ether oxygens (including phenoxy) is 2. The van der Waals surface area contributed by atoms with Gasteiger partial charge >= 0.3 is 6.09 Å². The van der Waals surface area contributed by atoms with Gasteiger partial charge in [0.25, 0.3) is 0 Å². The highest BCUT2D eigenvalue weighted by molar-refractivity contribution is 7.89. The van der Waals surface area contributed by atoms with Crippen molar-refractivity contribution in [3.8, 4) is 5.75 Å². The van der Waals surface area contributed by atoms with Gasteiger partial charge < -0.3 is 19.3 Å². The van der Waals surface area contributed by atoms with Crippen molar-refractivity contribution in [3.63, 3.8) is 0 Å². The minimum atomic E-state index is -3.91. The number of hydrogen-bond acceptors (Lipinski definition) is 6. The Hall–Kier alpha value is -2.04. The molecule has 0 aromatic heterocycles. The van der Waals surface area contributed by atoms with Crippen LogP contribution in [0.25, 0.3) is 0 Å². The number of piperazine rings is 1. The predicted octanol–water partition coefficient (Wildman–Crippen LogP) is 2.05. The average molecular weight is 462 g/mol. The van der Waals surface area contributed by atoms with Crippen molar-refractivity contribution in [3.05, 3.63) is 23.2 Å². The monoisotopic (exact) mass is 461 g/mol. The molecule has 168 valence electrons. The van der Waals surface area contributed by atoms with Gasteiger partial charge in [0.2, 0.25) is 15.9 Å². The lowest BCUT2D eigenvalue weighted by Crippen LogP contribution is -2.53. The maximum absolute atomic E-state index is 13.0. The van der Waals surface area contributed by atoms with E-state index < -0.39 is 16.1 Å². The predicted molar refractivity (Wildman–Crippen MR) is 112 cm³/mol. The molecule has 9 nitrogen and oxygen atoms in total. The van der Waals surface area contributed by atoms with Gasteiger partial charge in [-0.3, -0.25) is 4.79 Å². The minimum absolute atomic E-state index is 0.00210. The molecule has 0 aliphatic carbocycles. The molecule has 1 aromatic rings. The Balaban J connectivity index is 2.04. The molecule has 1 aromatic carbocycles. The molecule has 1 heterocycles. The van der Waals surface area contributed by atoms with Crippen LogP contribution in [0.5, 0.6) is 5.75 Å². The largest absolute Gasteiger partial charge is 0.492 e. The Bertz CT molecular complexity index is 856. The zero-order chi connectivity index (χ0) is 22.3. The second-order valence-electron chi connectivity index (χ2n) is 6.52. The smallest absolute Gasteiger partial charge is 0.409 e. The number of carbonyl (C=O) groups excluding carboxylic acids is 2. The van der Waals surface area contributed by atoms with E-state index in [9.17, 15) is 18.0 Å². The van der Waals surface area contributed by atoms with E-state index in [-0.39, 0.29) is 35.5 Å². The fraction of sp³-hybridized carbons (Fsp3) is 0.579. The molecule has 1 saturated heterocycles. The van der Waals surface area contributed by atoms with Gasteiger partial charge in [0.05, 0.1) is 29.7 Å². The Morgan fingerprint density at radius 3 is 2.23 bits per heavy atom. The molecular formula is C19H28ClN3O6S. The highest BCUT2D eigenvalue weighted by Crippen LogP contribution is 2.28. The van der Waals surface area contributed by atoms with Crippen molar-refractivity contribution in [2.75, 3.05) is 52.5 Å². The molecule has 0 saturated carbocycles. The first kappa shape index (κ1) is 24.2. The summed E-state index contributed by atoms with van der Waals surface area (Å²) in [6, 6.07) is 4.24. The molecule has 1 fully saturated rings. The van der Waals surface area contributed by atoms with E-state index in [1.807, 2.05) is 0 Å². The summed E-state index contributed by atoms with van der Waals surface area (Å²) in [6.07, 6.45) is -0.408. The molecule has 0 spiro atoms. The van der Waals surface area contributed by atoms with Gasteiger partial charge in [-0.1, -0.05) is 18.5 Å². The summed E-state index contributed by atoms with van der Waals surface area (Å²) in [7, 11) is -3.91. The van der Waals surface area contributed by atoms with Crippen LogP contribution in [-0.4, -0.2) is 87.0 Å². The first-order valence-electron chi connectivity index (χ1n) is 9.86. The number of likely N-dealkylation sites (N-methyl/N-ethyl adjacent to an activating group) is 1. The number of halogens is 1. The van der Waals surface area contributed by atoms with Gasteiger partial charge in [-0.25, -0.2) is 13.2 Å². The fourth-order valence-corrected chi connectivity index (χ4v) is 4.76. The van der Waals surface area contributed by atoms with E-state index in [0.717, 1.165) is 4.31 Å². The van der Waals surface area contributed by atoms with Crippen LogP contribution < -0.4 is 4.74 Å². The minimum Gasteiger partial charge on any atom is -0.492 e. The van der Waals surface area contributed by atoms with Crippen molar-refractivity contribution >= 4 is 33.6 Å². The third kappa shape index (κ3) is 5.77. The van der Waals surface area contributed by atoms with E-state index in [2.05, 4.69) is 0 Å². The van der Waals surface area contributed by atoms with Gasteiger partial charge in [-0.15, -0.1) is 0 Å². The van der Waals surface area contributed by atoms with Crippen molar-refractivity contribution in [1.82, 2.24) is 14.1 Å². The van der Waals surface area contributed by atoms with Gasteiger partial charge in [0, 0.05) is 32.7 Å². The molecule has 0 unspecified atom stereocenters. The van der Waals surface area contributed by atoms with Gasteiger partial charge in [-0.2, -0.15) is 4.31 Å². The number of rotatable bonds is 8. The van der Waals surface area contributed by atoms with Gasteiger partial charge in [0.15, 0.2) is 0 Å². The van der Waals surface area contributed by atoms with Crippen molar-refractivity contribution in [1.29, 1.82) is 0 Å². The average Bonchev–Trinajstić information content (AvgIpc) is 2.73. The van der Waals surface area contributed by atoms with Crippen LogP contribution in [0.2, 0.25) is 5.02 Å². The lowest BCUT2D eigenvalue weighted by molar-refractivity contribution is -0.133. The van der Waals surface area contributed by atoms with E-state index >= 15 is 0 Å². The fourth-order valence-electron chi connectivity index (χ4n) is 3.03. The Kier molecular flexibility index (Phi) is 8.75. The first-order valence-corrected chi connectivity index (χ1v) is 11.7. The second kappa shape index (κ2) is 10.8. The van der Waals surface area contributed by atoms with Crippen LogP contribution in [0, 0.1) is 0 Å². The van der Waals surface area contributed by atoms with Crippen LogP contribution in [0.3, 0.4) is 0 Å². The summed E-state index contributed by atoms with van der Waals surface area (Å²) >= 11 is 6.13. The number of sulfonamides is 1. The molecule has 11 heteroatoms. The number of benzene rings is 1. The van der Waals surface area contributed by atoms with Gasteiger partial charge in [-0.05, 0) is 32.0 Å². The summed E-state index contributed by atoms with van der Waals surface area (Å²) in [4.78, 5) is 27.5. The van der Waals surface area contributed by atoms with Crippen LogP contribution in [-0.2, 0) is 19.6 Å². The summed E-state index contributed by atoms with van der Waals surface area (Å²) in [5.41, 5.74) is 0. The number of amides is 2. The molecule has 0 atom stereocenters. The topological polar surface area (TPSA) is 96.5 Å². The number of nitrogens with zero attached hydrogens (tertiary/aromatic N) is 3. The maximum atomic E-state index is 13.0. The molecule has 2 rings (SSSR count). The summed E-state index contributed by atoms with van der Waals surface area (Å²) < 4.78 is 37.4. The summed E-state index contributed by atoms with van der Waals surface area (Å²) in [5, 5.41) is 0.190. The SMILES string of the molecule is CCOC(=O)N1CCN(C(=O)CN(CC)S(=O)(=O)c2ccc(OCC)c(Cl)c2)CC1. The quantitative estimate of drug-likeness (QED) is 0.587. The maximum Gasteiger partial charge on any atom is 0.409 e. The van der Waals surface area contributed by atoms with Crippen molar-refractivity contribution < 1.29 is 27.5 Å². The molecule has 1 aliphatic rings. The lowest BCUT2D eigenvalue weighted by Gasteiger charge is -2.35. The summed E-state index contributed by atoms with van der Waals surface area (Å²) in [5.74, 6) is 0.0812. The van der Waals surface area contributed by atoms with Crippen LogP contribution in [0.4, 0.5) is 4.79 Å². The first-order chi connectivity index (χ1) is 14.2. The molecule has 30 heavy (non-hydrogen) atoms. The van der Waals surface area contributed by atoms with E-state index in [1.165, 1.54) is 23.1 Å². The Morgan fingerprint density at radius 2 is 1.70 bits per heavy atom. The Morgan fingerprint density at radius 1 is 1.07 bits per heavy atom. The van der Waals surface area contributed by atoms with E-state index in [4.69, 9.17) is 21.1 Å². The van der Waals surface area contributed by atoms with Crippen molar-refractivity contribution in [2.45, 2.75) is 25.7 Å². The third-order valence-corrected chi connectivity index (χ3v) is 6.88. The zero-order valence-corrected chi connectivity index (χ0v) is 19.0. The Labute approximate surface area is 182 Å². The lowest BCUT2D eigenvalue weighted by atomic mass is 10.3. The number of carbonyl (C=O) groups is 2. The molecule has 2 amide bonds. The molecular weight excluding hydrogens is 434 g/mol. The molecule has 1 aliphatic heterocycles. The molecule has 0 bridgehead atoms. The summed E-state index contributed by atoms with van der Waals surface area (Å²) in [6.45, 7) is 7.07. The van der Waals surface area contributed by atoms with Crippen LogP contribution >= 0.6 is 11.6 Å².